The maximum absolute atomic E-state index is 12.2. The molecule has 0 aliphatic heterocycles. The van der Waals surface area contributed by atoms with Crippen LogP contribution >= 0.6 is 11.6 Å². The highest BCUT2D eigenvalue weighted by Gasteiger charge is 2.17. The van der Waals surface area contributed by atoms with Crippen LogP contribution in [0.3, 0.4) is 0 Å². The molecule has 108 valence electrons. The van der Waals surface area contributed by atoms with Gasteiger partial charge in [0.05, 0.1) is 11.1 Å². The highest BCUT2D eigenvalue weighted by atomic mass is 35.5. The summed E-state index contributed by atoms with van der Waals surface area (Å²) in [5.74, 6) is -1.02. The van der Waals surface area contributed by atoms with Gasteiger partial charge in [0.2, 0.25) is 0 Å². The minimum Gasteiger partial charge on any atom is -0.506 e. The third-order valence-electron chi connectivity index (χ3n) is 2.98. The molecule has 2 rings (SSSR count). The molecule has 2 aromatic carbocycles. The SMILES string of the molecule is CCC(=O)c1cccc(C(=O)Nc2cccc(Cl)c2)c1O. The molecule has 0 saturated carbocycles. The number of benzene rings is 2. The molecule has 21 heavy (non-hydrogen) atoms. The Morgan fingerprint density at radius 3 is 2.48 bits per heavy atom. The molecule has 0 heterocycles. The van der Waals surface area contributed by atoms with E-state index in [2.05, 4.69) is 5.32 Å². The van der Waals surface area contributed by atoms with E-state index in [-0.39, 0.29) is 29.1 Å². The summed E-state index contributed by atoms with van der Waals surface area (Å²) in [6.45, 7) is 1.69. The van der Waals surface area contributed by atoms with Gasteiger partial charge >= 0.3 is 0 Å². The lowest BCUT2D eigenvalue weighted by Crippen LogP contribution is -2.13. The van der Waals surface area contributed by atoms with Crippen LogP contribution in [0.25, 0.3) is 0 Å². The number of hydrogen-bond acceptors (Lipinski definition) is 3. The molecule has 2 N–H and O–H groups in total. The fourth-order valence-electron chi connectivity index (χ4n) is 1.91. The third-order valence-corrected chi connectivity index (χ3v) is 3.22. The molecule has 0 spiro atoms. The topological polar surface area (TPSA) is 66.4 Å². The van der Waals surface area contributed by atoms with Crippen LogP contribution in [0.2, 0.25) is 5.02 Å². The van der Waals surface area contributed by atoms with Crippen molar-refractivity contribution in [2.45, 2.75) is 13.3 Å². The Balaban J connectivity index is 2.29. The number of ketones is 1. The number of carbonyl (C=O) groups is 2. The van der Waals surface area contributed by atoms with Crippen LogP contribution in [0, 0.1) is 0 Å². The van der Waals surface area contributed by atoms with E-state index in [4.69, 9.17) is 11.6 Å². The maximum Gasteiger partial charge on any atom is 0.259 e. The van der Waals surface area contributed by atoms with E-state index in [1.165, 1.54) is 12.1 Å². The normalized spacial score (nSPS) is 10.2. The number of carbonyl (C=O) groups excluding carboxylic acids is 2. The predicted octanol–water partition coefficient (Wildman–Crippen LogP) is 3.89. The first-order valence-electron chi connectivity index (χ1n) is 6.45. The summed E-state index contributed by atoms with van der Waals surface area (Å²) in [6, 6.07) is 11.2. The van der Waals surface area contributed by atoms with E-state index >= 15 is 0 Å². The minimum atomic E-state index is -0.500. The molecular weight excluding hydrogens is 290 g/mol. The molecule has 0 bridgehead atoms. The van der Waals surface area contributed by atoms with Crippen molar-refractivity contribution in [3.8, 4) is 5.75 Å². The van der Waals surface area contributed by atoms with Crippen LogP contribution in [0.5, 0.6) is 5.75 Å². The number of phenols is 1. The smallest absolute Gasteiger partial charge is 0.259 e. The van der Waals surface area contributed by atoms with Crippen molar-refractivity contribution in [2.75, 3.05) is 5.32 Å². The summed E-state index contributed by atoms with van der Waals surface area (Å²) in [6.07, 6.45) is 0.257. The fraction of sp³-hybridized carbons (Fsp3) is 0.125. The standard InChI is InChI=1S/C16H14ClNO3/c1-2-14(19)12-7-4-8-13(15(12)20)16(21)18-11-6-3-5-10(17)9-11/h3-9,20H,2H2,1H3,(H,18,21). The second-order valence-corrected chi connectivity index (χ2v) is 4.88. The number of rotatable bonds is 4. The first kappa shape index (κ1) is 15.1. The highest BCUT2D eigenvalue weighted by Crippen LogP contribution is 2.25. The molecule has 0 radical (unpaired) electrons. The lowest BCUT2D eigenvalue weighted by atomic mass is 10.0. The number of nitrogens with one attached hydrogen (secondary N) is 1. The van der Waals surface area contributed by atoms with Crippen molar-refractivity contribution in [3.05, 3.63) is 58.6 Å². The zero-order chi connectivity index (χ0) is 15.4. The van der Waals surface area contributed by atoms with Crippen LogP contribution in [0.15, 0.2) is 42.5 Å². The second kappa shape index (κ2) is 6.41. The lowest BCUT2D eigenvalue weighted by molar-refractivity contribution is 0.0985. The largest absolute Gasteiger partial charge is 0.506 e. The van der Waals surface area contributed by atoms with E-state index in [9.17, 15) is 14.7 Å². The van der Waals surface area contributed by atoms with Crippen LogP contribution in [0.4, 0.5) is 5.69 Å². The van der Waals surface area contributed by atoms with Gasteiger partial charge in [-0.2, -0.15) is 0 Å². The van der Waals surface area contributed by atoms with Gasteiger partial charge in [0, 0.05) is 17.1 Å². The Labute approximate surface area is 127 Å². The summed E-state index contributed by atoms with van der Waals surface area (Å²) in [7, 11) is 0. The van der Waals surface area contributed by atoms with Crippen LogP contribution in [-0.2, 0) is 0 Å². The Bertz CT molecular complexity index is 698. The first-order chi connectivity index (χ1) is 10.0. The van der Waals surface area contributed by atoms with E-state index in [0.717, 1.165) is 0 Å². The van der Waals surface area contributed by atoms with Gasteiger partial charge in [-0.25, -0.2) is 0 Å². The number of aromatic hydroxyl groups is 1. The molecule has 0 aliphatic carbocycles. The molecule has 0 unspecified atom stereocenters. The molecule has 2 aromatic rings. The number of Topliss-reactive ketones (excluding diaryl/α,β-unsaturated/α-hetero) is 1. The van der Waals surface area contributed by atoms with Gasteiger partial charge in [-0.05, 0) is 30.3 Å². The molecule has 0 atom stereocenters. The van der Waals surface area contributed by atoms with Crippen molar-refractivity contribution in [1.29, 1.82) is 0 Å². The number of phenolic OH excluding ortho intramolecular Hbond substituents is 1. The minimum absolute atomic E-state index is 0.0503. The van der Waals surface area contributed by atoms with Crippen molar-refractivity contribution in [1.82, 2.24) is 0 Å². The molecule has 0 saturated heterocycles. The van der Waals surface area contributed by atoms with Gasteiger partial charge in [0.25, 0.3) is 5.91 Å². The van der Waals surface area contributed by atoms with E-state index < -0.39 is 5.91 Å². The fourth-order valence-corrected chi connectivity index (χ4v) is 2.10. The maximum atomic E-state index is 12.2. The van der Waals surface area contributed by atoms with Crippen molar-refractivity contribution in [3.63, 3.8) is 0 Å². The van der Waals surface area contributed by atoms with E-state index in [1.807, 2.05) is 0 Å². The Kier molecular flexibility index (Phi) is 4.60. The average molecular weight is 304 g/mol. The van der Waals surface area contributed by atoms with Crippen LogP contribution < -0.4 is 5.32 Å². The van der Waals surface area contributed by atoms with Crippen LogP contribution in [-0.4, -0.2) is 16.8 Å². The molecule has 0 fully saturated rings. The second-order valence-electron chi connectivity index (χ2n) is 4.44. The summed E-state index contributed by atoms with van der Waals surface area (Å²) >= 11 is 5.85. The highest BCUT2D eigenvalue weighted by molar-refractivity contribution is 6.31. The third kappa shape index (κ3) is 3.41. The molecular formula is C16H14ClNO3. The van der Waals surface area contributed by atoms with E-state index in [1.54, 1.807) is 37.3 Å². The zero-order valence-electron chi connectivity index (χ0n) is 11.4. The van der Waals surface area contributed by atoms with Gasteiger partial charge in [-0.15, -0.1) is 0 Å². The quantitative estimate of drug-likeness (QED) is 0.842. The number of para-hydroxylation sites is 1. The number of halogens is 1. The monoisotopic (exact) mass is 303 g/mol. The number of hydrogen-bond donors (Lipinski definition) is 2. The summed E-state index contributed by atoms with van der Waals surface area (Å²) in [4.78, 5) is 23.9. The predicted molar refractivity (Wildman–Crippen MR) is 82.1 cm³/mol. The Morgan fingerprint density at radius 2 is 1.81 bits per heavy atom. The van der Waals surface area contributed by atoms with Crippen molar-refractivity contribution in [2.24, 2.45) is 0 Å². The van der Waals surface area contributed by atoms with Crippen LogP contribution in [0.1, 0.15) is 34.1 Å². The molecule has 5 heteroatoms. The Morgan fingerprint density at radius 1 is 1.14 bits per heavy atom. The summed E-state index contributed by atoms with van der Waals surface area (Å²) < 4.78 is 0. The number of anilines is 1. The lowest BCUT2D eigenvalue weighted by Gasteiger charge is -2.09. The molecule has 1 amide bonds. The molecule has 0 aromatic heterocycles. The van der Waals surface area contributed by atoms with Gasteiger partial charge < -0.3 is 10.4 Å². The van der Waals surface area contributed by atoms with Gasteiger partial charge in [0.15, 0.2) is 5.78 Å². The van der Waals surface area contributed by atoms with Crippen molar-refractivity contribution >= 4 is 29.0 Å². The van der Waals surface area contributed by atoms with Gasteiger partial charge in [0.1, 0.15) is 5.75 Å². The number of amides is 1. The Hall–Kier alpha value is -2.33. The van der Waals surface area contributed by atoms with Gasteiger partial charge in [-0.1, -0.05) is 30.7 Å². The first-order valence-corrected chi connectivity index (χ1v) is 6.82. The molecule has 4 nitrogen and oxygen atoms in total. The molecule has 0 aliphatic rings. The van der Waals surface area contributed by atoms with Crippen molar-refractivity contribution < 1.29 is 14.7 Å². The average Bonchev–Trinajstić information content (AvgIpc) is 2.46. The van der Waals surface area contributed by atoms with E-state index in [0.29, 0.717) is 10.7 Å². The van der Waals surface area contributed by atoms with Gasteiger partial charge in [-0.3, -0.25) is 9.59 Å². The summed E-state index contributed by atoms with van der Waals surface area (Å²) in [5.41, 5.74) is 0.713. The summed E-state index contributed by atoms with van der Waals surface area (Å²) in [5, 5.41) is 13.2. The zero-order valence-corrected chi connectivity index (χ0v) is 12.1.